The highest BCUT2D eigenvalue weighted by Gasteiger charge is 2.18. The normalized spacial score (nSPS) is 13.8. The van der Waals surface area contributed by atoms with Crippen LogP contribution in [0.2, 0.25) is 0 Å². The minimum atomic E-state index is -0.490. The Bertz CT molecular complexity index is 846. The number of nitrogens with one attached hydrogen (secondary N) is 1. The second kappa shape index (κ2) is 8.98. The molecule has 1 fully saturated rings. The number of anilines is 2. The summed E-state index contributed by atoms with van der Waals surface area (Å²) >= 11 is 0. The minimum absolute atomic E-state index is 0.244. The first-order valence-electron chi connectivity index (χ1n) is 9.10. The van der Waals surface area contributed by atoms with Gasteiger partial charge in [-0.15, -0.1) is 0 Å². The summed E-state index contributed by atoms with van der Waals surface area (Å²) in [6.07, 6.45) is 2.50. The maximum absolute atomic E-state index is 12.5. The van der Waals surface area contributed by atoms with Crippen molar-refractivity contribution in [2.75, 3.05) is 43.0 Å². The molecule has 1 aliphatic heterocycles. The quantitative estimate of drug-likeness (QED) is 0.605. The van der Waals surface area contributed by atoms with Gasteiger partial charge in [-0.2, -0.15) is 0 Å². The Kier molecular flexibility index (Phi) is 6.21. The number of para-hydroxylation sites is 1. The fourth-order valence-corrected chi connectivity index (χ4v) is 2.96. The molecule has 2 heterocycles. The predicted octanol–water partition coefficient (Wildman–Crippen LogP) is 1.79. The Morgan fingerprint density at radius 3 is 2.54 bits per heavy atom. The van der Waals surface area contributed by atoms with Gasteiger partial charge in [-0.05, 0) is 31.2 Å². The summed E-state index contributed by atoms with van der Waals surface area (Å²) in [5.74, 6) is -0.898. The molecule has 8 heteroatoms. The molecule has 1 N–H and O–H groups in total. The van der Waals surface area contributed by atoms with E-state index in [1.807, 2.05) is 6.07 Å². The Morgan fingerprint density at radius 2 is 1.89 bits per heavy atom. The lowest BCUT2D eigenvalue weighted by atomic mass is 10.1. The van der Waals surface area contributed by atoms with Gasteiger partial charge >= 0.3 is 5.97 Å². The third kappa shape index (κ3) is 4.46. The van der Waals surface area contributed by atoms with E-state index < -0.39 is 11.9 Å². The molecule has 146 valence electrons. The number of carbonyl (C=O) groups excluding carboxylic acids is 3. The van der Waals surface area contributed by atoms with Crippen LogP contribution in [0.5, 0.6) is 0 Å². The molecule has 0 spiro atoms. The number of ether oxygens (including phenoxy) is 1. The molecule has 3 rings (SSSR count). The number of amides is 2. The number of hydrogen-bond donors (Lipinski definition) is 1. The Labute approximate surface area is 163 Å². The van der Waals surface area contributed by atoms with E-state index in [9.17, 15) is 14.4 Å². The van der Waals surface area contributed by atoms with Crippen molar-refractivity contribution in [1.29, 1.82) is 0 Å². The van der Waals surface area contributed by atoms with Crippen LogP contribution in [0.3, 0.4) is 0 Å². The van der Waals surface area contributed by atoms with Gasteiger partial charge in [-0.3, -0.25) is 9.59 Å². The summed E-state index contributed by atoms with van der Waals surface area (Å²) in [5.41, 5.74) is 1.81. The van der Waals surface area contributed by atoms with Gasteiger partial charge in [0.15, 0.2) is 0 Å². The molecule has 1 aromatic heterocycles. The molecule has 0 bridgehead atoms. The summed E-state index contributed by atoms with van der Waals surface area (Å²) in [5, 5.41) is 2.72. The monoisotopic (exact) mass is 382 g/mol. The first-order chi connectivity index (χ1) is 13.6. The second-order valence-corrected chi connectivity index (χ2v) is 6.25. The number of aromatic nitrogens is 1. The van der Waals surface area contributed by atoms with Crippen LogP contribution in [0.15, 0.2) is 42.6 Å². The average Bonchev–Trinajstić information content (AvgIpc) is 2.74. The molecule has 1 saturated heterocycles. The van der Waals surface area contributed by atoms with Crippen molar-refractivity contribution in [2.24, 2.45) is 0 Å². The Morgan fingerprint density at radius 1 is 1.14 bits per heavy atom. The summed E-state index contributed by atoms with van der Waals surface area (Å²) < 4.78 is 5.02. The van der Waals surface area contributed by atoms with Gasteiger partial charge < -0.3 is 19.9 Å². The van der Waals surface area contributed by atoms with E-state index in [4.69, 9.17) is 4.74 Å². The van der Waals surface area contributed by atoms with E-state index in [1.165, 1.54) is 0 Å². The van der Waals surface area contributed by atoms with E-state index in [-0.39, 0.29) is 12.3 Å². The molecule has 1 aromatic carbocycles. The zero-order valence-corrected chi connectivity index (χ0v) is 15.6. The number of benzene rings is 1. The van der Waals surface area contributed by atoms with Crippen LogP contribution >= 0.6 is 0 Å². The third-order valence-electron chi connectivity index (χ3n) is 4.48. The Hall–Kier alpha value is -3.42. The number of piperazine rings is 1. The number of pyridine rings is 1. The summed E-state index contributed by atoms with van der Waals surface area (Å²) in [4.78, 5) is 43.4. The van der Waals surface area contributed by atoms with Crippen LogP contribution in [-0.4, -0.2) is 61.0 Å². The van der Waals surface area contributed by atoms with Crippen LogP contribution in [0, 0.1) is 0 Å². The van der Waals surface area contributed by atoms with Gasteiger partial charge in [0, 0.05) is 26.2 Å². The van der Waals surface area contributed by atoms with Crippen LogP contribution < -0.4 is 10.2 Å². The highest BCUT2D eigenvalue weighted by Crippen LogP contribution is 2.19. The third-order valence-corrected chi connectivity index (χ3v) is 4.48. The maximum Gasteiger partial charge on any atom is 0.340 e. The van der Waals surface area contributed by atoms with Crippen molar-refractivity contribution in [1.82, 2.24) is 9.88 Å². The Balaban J connectivity index is 1.67. The maximum atomic E-state index is 12.5. The number of rotatable bonds is 6. The zero-order valence-electron chi connectivity index (χ0n) is 15.6. The van der Waals surface area contributed by atoms with Gasteiger partial charge in [-0.25, -0.2) is 9.78 Å². The standard InChI is InChI=1S/C20H22N4O4/c1-2-28-20(27)16-5-3-4-6-17(16)22-19(26)18-8-7-15(13-21-18)24-11-9-23(14-25)10-12-24/h3-8,13-14H,2,9-12H2,1H3,(H,22,26). The minimum Gasteiger partial charge on any atom is -0.462 e. The highest BCUT2D eigenvalue weighted by molar-refractivity contribution is 6.07. The second-order valence-electron chi connectivity index (χ2n) is 6.25. The SMILES string of the molecule is CCOC(=O)c1ccccc1NC(=O)c1ccc(N2CCN(C=O)CC2)cn1. The molecule has 1 aliphatic rings. The van der Waals surface area contributed by atoms with Crippen LogP contribution in [0.1, 0.15) is 27.8 Å². The van der Waals surface area contributed by atoms with Crippen molar-refractivity contribution in [3.63, 3.8) is 0 Å². The van der Waals surface area contributed by atoms with Gasteiger partial charge in [0.1, 0.15) is 5.69 Å². The molecule has 28 heavy (non-hydrogen) atoms. The zero-order chi connectivity index (χ0) is 19.9. The molecule has 0 saturated carbocycles. The van der Waals surface area contributed by atoms with Crippen molar-refractivity contribution in [3.8, 4) is 0 Å². The first-order valence-corrected chi connectivity index (χ1v) is 9.10. The van der Waals surface area contributed by atoms with E-state index in [0.29, 0.717) is 24.3 Å². The topological polar surface area (TPSA) is 91.8 Å². The van der Waals surface area contributed by atoms with Crippen molar-refractivity contribution < 1.29 is 19.1 Å². The lowest BCUT2D eigenvalue weighted by Crippen LogP contribution is -2.45. The molecule has 0 unspecified atom stereocenters. The average molecular weight is 382 g/mol. The first kappa shape index (κ1) is 19.3. The number of hydrogen-bond acceptors (Lipinski definition) is 6. The summed E-state index contributed by atoms with van der Waals surface area (Å²) in [6.45, 7) is 4.75. The summed E-state index contributed by atoms with van der Waals surface area (Å²) in [7, 11) is 0. The van der Waals surface area contributed by atoms with Crippen LogP contribution in [-0.2, 0) is 9.53 Å². The van der Waals surface area contributed by atoms with E-state index in [1.54, 1.807) is 48.4 Å². The highest BCUT2D eigenvalue weighted by atomic mass is 16.5. The molecular weight excluding hydrogens is 360 g/mol. The lowest BCUT2D eigenvalue weighted by molar-refractivity contribution is -0.118. The fraction of sp³-hybridized carbons (Fsp3) is 0.300. The van der Waals surface area contributed by atoms with Crippen LogP contribution in [0.25, 0.3) is 0 Å². The predicted molar refractivity (Wildman–Crippen MR) is 104 cm³/mol. The smallest absolute Gasteiger partial charge is 0.340 e. The fourth-order valence-electron chi connectivity index (χ4n) is 2.96. The van der Waals surface area contributed by atoms with Gasteiger partial charge in [0.25, 0.3) is 5.91 Å². The molecule has 2 amide bonds. The number of nitrogens with zero attached hydrogens (tertiary/aromatic N) is 3. The molecule has 0 aliphatic carbocycles. The van der Waals surface area contributed by atoms with Crippen molar-refractivity contribution in [2.45, 2.75) is 6.92 Å². The van der Waals surface area contributed by atoms with Crippen molar-refractivity contribution >= 4 is 29.7 Å². The largest absolute Gasteiger partial charge is 0.462 e. The number of carbonyl (C=O) groups is 3. The molecular formula is C20H22N4O4. The summed E-state index contributed by atoms with van der Waals surface area (Å²) in [6, 6.07) is 10.2. The molecule has 0 radical (unpaired) electrons. The van der Waals surface area contributed by atoms with E-state index >= 15 is 0 Å². The molecule has 8 nitrogen and oxygen atoms in total. The van der Waals surface area contributed by atoms with Gasteiger partial charge in [0.05, 0.1) is 29.7 Å². The van der Waals surface area contributed by atoms with Crippen LogP contribution in [0.4, 0.5) is 11.4 Å². The van der Waals surface area contributed by atoms with Crippen molar-refractivity contribution in [3.05, 3.63) is 53.9 Å². The lowest BCUT2D eigenvalue weighted by Gasteiger charge is -2.33. The van der Waals surface area contributed by atoms with E-state index in [0.717, 1.165) is 25.2 Å². The molecule has 2 aromatic rings. The molecule has 0 atom stereocenters. The van der Waals surface area contributed by atoms with Gasteiger partial charge in [0.2, 0.25) is 6.41 Å². The number of esters is 1. The van der Waals surface area contributed by atoms with Gasteiger partial charge in [-0.1, -0.05) is 12.1 Å². The van der Waals surface area contributed by atoms with E-state index in [2.05, 4.69) is 15.2 Å².